The van der Waals surface area contributed by atoms with Crippen LogP contribution < -0.4 is 0 Å². The van der Waals surface area contributed by atoms with Gasteiger partial charge in [-0.1, -0.05) is 48.5 Å². The number of fused-ring (bicyclic) bond motifs is 1. The second-order valence-corrected chi connectivity index (χ2v) is 8.51. The third-order valence-corrected chi connectivity index (χ3v) is 6.16. The Bertz CT molecular complexity index is 1300. The lowest BCUT2D eigenvalue weighted by molar-refractivity contribution is 0.202. The molecule has 0 atom stereocenters. The van der Waals surface area contributed by atoms with Crippen molar-refractivity contribution in [2.45, 2.75) is 32.1 Å². The third-order valence-electron chi connectivity index (χ3n) is 6.16. The fourth-order valence-corrected chi connectivity index (χ4v) is 4.16. The molecule has 5 heteroatoms. The van der Waals surface area contributed by atoms with Crippen LogP contribution in [0.3, 0.4) is 0 Å². The molecule has 176 valence electrons. The number of benzene rings is 4. The first-order valence-corrected chi connectivity index (χ1v) is 11.3. The van der Waals surface area contributed by atoms with Crippen LogP contribution in [0.5, 0.6) is 0 Å². The Labute approximate surface area is 197 Å². The number of aryl methyl sites for hydroxylation is 4. The van der Waals surface area contributed by atoms with Crippen LogP contribution in [-0.2, 0) is 36.8 Å². The highest BCUT2D eigenvalue weighted by atomic mass is 19.2. The summed E-state index contributed by atoms with van der Waals surface area (Å²) in [6.45, 7) is 0.555. The second kappa shape index (κ2) is 10.8. The Morgan fingerprint density at radius 2 is 1.18 bits per heavy atom. The zero-order chi connectivity index (χ0) is 24.1. The summed E-state index contributed by atoms with van der Waals surface area (Å²) < 4.78 is 61.1. The molecule has 0 saturated carbocycles. The fraction of sp³-hybridized carbons (Fsp3) is 0.241. The largest absolute Gasteiger partial charge is 0.384 e. The topological polar surface area (TPSA) is 9.23 Å². The Hall–Kier alpha value is -3.18. The minimum atomic E-state index is -0.897. The normalized spacial score (nSPS) is 11.3. The predicted octanol–water partition coefficient (Wildman–Crippen LogP) is 7.16. The molecule has 0 heterocycles. The van der Waals surface area contributed by atoms with Gasteiger partial charge in [-0.15, -0.1) is 0 Å². The summed E-state index contributed by atoms with van der Waals surface area (Å²) in [7, 11) is 1.62. The van der Waals surface area contributed by atoms with E-state index in [0.717, 1.165) is 28.6 Å². The fourth-order valence-electron chi connectivity index (χ4n) is 4.16. The van der Waals surface area contributed by atoms with Gasteiger partial charge in [-0.25, -0.2) is 17.6 Å². The van der Waals surface area contributed by atoms with E-state index in [1.54, 1.807) is 25.3 Å². The summed E-state index contributed by atoms with van der Waals surface area (Å²) in [5, 5.41) is 1.29. The van der Waals surface area contributed by atoms with Gasteiger partial charge < -0.3 is 4.74 Å². The molecule has 0 spiro atoms. The van der Waals surface area contributed by atoms with Crippen LogP contribution in [-0.4, -0.2) is 13.7 Å². The molecule has 0 unspecified atom stereocenters. The van der Waals surface area contributed by atoms with Gasteiger partial charge in [0.1, 0.15) is 11.6 Å². The van der Waals surface area contributed by atoms with E-state index in [-0.39, 0.29) is 11.6 Å². The molecule has 0 N–H and O–H groups in total. The zero-order valence-corrected chi connectivity index (χ0v) is 19.0. The van der Waals surface area contributed by atoms with E-state index in [2.05, 4.69) is 0 Å². The average molecular weight is 467 g/mol. The molecule has 0 bridgehead atoms. The van der Waals surface area contributed by atoms with Crippen LogP contribution in [0.25, 0.3) is 10.8 Å². The molecule has 4 aromatic carbocycles. The number of ether oxygens (including phenoxy) is 1. The molecule has 0 amide bonds. The van der Waals surface area contributed by atoms with E-state index in [9.17, 15) is 13.2 Å². The van der Waals surface area contributed by atoms with Gasteiger partial charge in [0.25, 0.3) is 0 Å². The summed E-state index contributed by atoms with van der Waals surface area (Å²) in [5.41, 5.74) is 3.71. The van der Waals surface area contributed by atoms with Crippen molar-refractivity contribution in [3.63, 3.8) is 0 Å². The monoisotopic (exact) mass is 466 g/mol. The van der Waals surface area contributed by atoms with Crippen molar-refractivity contribution in [1.29, 1.82) is 0 Å². The molecule has 34 heavy (non-hydrogen) atoms. The van der Waals surface area contributed by atoms with Crippen molar-refractivity contribution < 1.29 is 22.3 Å². The lowest BCUT2D eigenvalue weighted by Crippen LogP contribution is -2.00. The quantitative estimate of drug-likeness (QED) is 0.238. The van der Waals surface area contributed by atoms with Gasteiger partial charge in [0, 0.05) is 12.5 Å². The number of hydrogen-bond donors (Lipinski definition) is 0. The van der Waals surface area contributed by atoms with Crippen LogP contribution in [0.1, 0.15) is 27.8 Å². The van der Waals surface area contributed by atoms with E-state index in [1.807, 2.05) is 30.3 Å². The van der Waals surface area contributed by atoms with Crippen LogP contribution >= 0.6 is 0 Å². The Morgan fingerprint density at radius 1 is 0.559 bits per heavy atom. The highest BCUT2D eigenvalue weighted by molar-refractivity contribution is 5.84. The average Bonchev–Trinajstić information content (AvgIpc) is 2.83. The SMILES string of the molecule is COCCc1ccc(CCc2ccc3c(F)c(CCc4ccc(F)c(F)c4)ccc3c2)c(F)c1. The van der Waals surface area contributed by atoms with Gasteiger partial charge in [-0.05, 0) is 83.5 Å². The summed E-state index contributed by atoms with van der Waals surface area (Å²) in [6, 6.07) is 18.2. The summed E-state index contributed by atoms with van der Waals surface area (Å²) in [4.78, 5) is 0. The second-order valence-electron chi connectivity index (χ2n) is 8.51. The molecular weight excluding hydrogens is 440 g/mol. The Morgan fingerprint density at radius 3 is 1.91 bits per heavy atom. The van der Waals surface area contributed by atoms with Crippen molar-refractivity contribution in [2.75, 3.05) is 13.7 Å². The molecule has 0 saturated heterocycles. The van der Waals surface area contributed by atoms with Crippen LogP contribution in [0.4, 0.5) is 17.6 Å². The highest BCUT2D eigenvalue weighted by Gasteiger charge is 2.11. The molecule has 4 rings (SSSR count). The number of halogens is 4. The van der Waals surface area contributed by atoms with Gasteiger partial charge >= 0.3 is 0 Å². The van der Waals surface area contributed by atoms with Crippen molar-refractivity contribution in [1.82, 2.24) is 0 Å². The van der Waals surface area contributed by atoms with Crippen molar-refractivity contribution in [3.8, 4) is 0 Å². The van der Waals surface area contributed by atoms with Crippen molar-refractivity contribution >= 4 is 10.8 Å². The van der Waals surface area contributed by atoms with Gasteiger partial charge in [0.15, 0.2) is 11.6 Å². The van der Waals surface area contributed by atoms with Crippen LogP contribution in [0.15, 0.2) is 66.7 Å². The first kappa shape index (κ1) is 24.0. The molecule has 1 nitrogen and oxygen atoms in total. The first-order chi connectivity index (χ1) is 16.4. The first-order valence-electron chi connectivity index (χ1n) is 11.3. The maximum Gasteiger partial charge on any atom is 0.159 e. The van der Waals surface area contributed by atoms with Gasteiger partial charge in [-0.2, -0.15) is 0 Å². The number of rotatable bonds is 9. The Kier molecular flexibility index (Phi) is 7.63. The lowest BCUT2D eigenvalue weighted by atomic mass is 9.97. The molecule has 0 aliphatic carbocycles. The summed E-state index contributed by atoms with van der Waals surface area (Å²) in [6.07, 6.45) is 2.66. The Balaban J connectivity index is 1.43. The molecule has 4 aromatic rings. The van der Waals surface area contributed by atoms with E-state index in [1.165, 1.54) is 6.07 Å². The molecule has 0 radical (unpaired) electrons. The number of hydrogen-bond acceptors (Lipinski definition) is 1. The van der Waals surface area contributed by atoms with Crippen LogP contribution in [0.2, 0.25) is 0 Å². The minimum Gasteiger partial charge on any atom is -0.384 e. The number of methoxy groups -OCH3 is 1. The summed E-state index contributed by atoms with van der Waals surface area (Å²) in [5.74, 6) is -2.31. The molecule has 0 fully saturated rings. The van der Waals surface area contributed by atoms with Gasteiger partial charge in [0.05, 0.1) is 6.61 Å². The van der Waals surface area contributed by atoms with Gasteiger partial charge in [0.2, 0.25) is 0 Å². The molecule has 0 aliphatic heterocycles. The highest BCUT2D eigenvalue weighted by Crippen LogP contribution is 2.25. The van der Waals surface area contributed by atoms with E-state index in [4.69, 9.17) is 4.74 Å². The maximum absolute atomic E-state index is 15.1. The van der Waals surface area contributed by atoms with E-state index >= 15 is 4.39 Å². The predicted molar refractivity (Wildman–Crippen MR) is 127 cm³/mol. The molecule has 0 aliphatic rings. The van der Waals surface area contributed by atoms with Crippen LogP contribution in [0, 0.1) is 23.3 Å². The zero-order valence-electron chi connectivity index (χ0n) is 19.0. The molecule has 0 aromatic heterocycles. The lowest BCUT2D eigenvalue weighted by Gasteiger charge is -2.10. The van der Waals surface area contributed by atoms with Gasteiger partial charge in [-0.3, -0.25) is 0 Å². The van der Waals surface area contributed by atoms with E-state index in [0.29, 0.717) is 60.8 Å². The molecular formula is C29H26F4O. The van der Waals surface area contributed by atoms with E-state index < -0.39 is 11.6 Å². The van der Waals surface area contributed by atoms with Crippen molar-refractivity contribution in [2.24, 2.45) is 0 Å². The standard InChI is InChI=1S/C29H26F4O/c1-34-15-14-21-3-8-22(27(31)17-21)7-2-19-5-12-25-24(16-19)11-10-23(29(25)33)9-4-20-6-13-26(30)28(32)18-20/h3,5-6,8,10-13,16-18H,2,4,7,9,14-15H2,1H3. The van der Waals surface area contributed by atoms with Crippen molar-refractivity contribution in [3.05, 3.63) is 118 Å². The summed E-state index contributed by atoms with van der Waals surface area (Å²) >= 11 is 0. The minimum absolute atomic E-state index is 0.217. The maximum atomic E-state index is 15.1. The third kappa shape index (κ3) is 5.65. The smallest absolute Gasteiger partial charge is 0.159 e.